The maximum atomic E-state index is 6.87. The zero-order valence-corrected chi connectivity index (χ0v) is 30.4. The first-order valence-electron chi connectivity index (χ1n) is 19.3. The quantitative estimate of drug-likeness (QED) is 0.187. The lowest BCUT2D eigenvalue weighted by Gasteiger charge is -2.40. The standard InChI is InChI=1S/C51H39N3O/c1-4-18-37(19-5-1)51(38-20-6-2-7-21-38)42-25-11-10-24-41(42)49-47(48-46(55-49)28-15-31-52-48)40-30-29-35(33-43(40)51)34-16-14-17-36(32-34)50-53-44-26-12-13-27-45(44)54(50)39-22-8-3-9-23-39/h1-6,8-20,22-30,32-33,50,52-53H,7,21,31H2. The van der Waals surface area contributed by atoms with Gasteiger partial charge in [0, 0.05) is 17.8 Å². The summed E-state index contributed by atoms with van der Waals surface area (Å²) in [7, 11) is 0. The summed E-state index contributed by atoms with van der Waals surface area (Å²) in [6.45, 7) is 0.764. The Morgan fingerprint density at radius 1 is 0.673 bits per heavy atom. The lowest BCUT2D eigenvalue weighted by atomic mass is 9.61. The number of para-hydroxylation sites is 3. The first-order chi connectivity index (χ1) is 27.3. The maximum absolute atomic E-state index is 6.87. The lowest BCUT2D eigenvalue weighted by molar-refractivity contribution is 0.570. The van der Waals surface area contributed by atoms with Crippen LogP contribution in [0.25, 0.3) is 39.7 Å². The van der Waals surface area contributed by atoms with E-state index in [-0.39, 0.29) is 6.17 Å². The van der Waals surface area contributed by atoms with Gasteiger partial charge in [-0.3, -0.25) is 0 Å². The van der Waals surface area contributed by atoms with Crippen LogP contribution in [0.1, 0.15) is 47.0 Å². The molecule has 2 aliphatic heterocycles. The number of nitrogens with zero attached hydrogens (tertiary/aromatic N) is 1. The fraction of sp³-hybridized carbons (Fsp3) is 0.0980. The number of nitrogens with one attached hydrogen (secondary N) is 2. The van der Waals surface area contributed by atoms with Gasteiger partial charge in [-0.15, -0.1) is 0 Å². The number of furan rings is 1. The molecule has 55 heavy (non-hydrogen) atoms. The lowest BCUT2D eigenvalue weighted by Crippen LogP contribution is -2.33. The van der Waals surface area contributed by atoms with Crippen LogP contribution in [0.5, 0.6) is 0 Å². The SMILES string of the molecule is C1=CCCC(C2(c3ccccc3)c3ccccc3-c3oc4c(c3-c3ccc(-c5cccc(C6Nc7ccccc7N6c6ccccc6)c5)cc32)NCC=C4)=C1. The van der Waals surface area contributed by atoms with Gasteiger partial charge in [0.1, 0.15) is 11.9 Å². The Hall–Kier alpha value is -6.78. The van der Waals surface area contributed by atoms with Crippen molar-refractivity contribution >= 4 is 28.8 Å². The van der Waals surface area contributed by atoms with Crippen LogP contribution in [0.4, 0.5) is 22.7 Å². The molecule has 0 spiro atoms. The molecule has 2 N–H and O–H groups in total. The monoisotopic (exact) mass is 709 g/mol. The largest absolute Gasteiger partial charge is 0.454 e. The minimum absolute atomic E-state index is 0.0609. The summed E-state index contributed by atoms with van der Waals surface area (Å²) in [5, 5.41) is 7.56. The van der Waals surface area contributed by atoms with Crippen molar-refractivity contribution in [2.75, 3.05) is 22.1 Å². The Morgan fingerprint density at radius 2 is 1.47 bits per heavy atom. The van der Waals surface area contributed by atoms with Crippen LogP contribution in [0.3, 0.4) is 0 Å². The Morgan fingerprint density at radius 3 is 2.35 bits per heavy atom. The molecule has 3 heterocycles. The van der Waals surface area contributed by atoms with E-state index in [1.807, 2.05) is 0 Å². The van der Waals surface area contributed by atoms with E-state index in [0.717, 1.165) is 59.1 Å². The predicted octanol–water partition coefficient (Wildman–Crippen LogP) is 12.9. The van der Waals surface area contributed by atoms with Crippen LogP contribution in [0, 0.1) is 0 Å². The highest BCUT2D eigenvalue weighted by molar-refractivity contribution is 6.00. The van der Waals surface area contributed by atoms with Crippen molar-refractivity contribution in [1.82, 2.24) is 0 Å². The summed E-state index contributed by atoms with van der Waals surface area (Å²) in [5.41, 5.74) is 16.2. The van der Waals surface area contributed by atoms with Gasteiger partial charge < -0.3 is 20.0 Å². The molecule has 11 rings (SSSR count). The predicted molar refractivity (Wildman–Crippen MR) is 227 cm³/mol. The number of hydrogen-bond donors (Lipinski definition) is 2. The van der Waals surface area contributed by atoms with Crippen molar-refractivity contribution in [3.05, 3.63) is 210 Å². The number of hydrogen-bond acceptors (Lipinski definition) is 4. The second kappa shape index (κ2) is 12.7. The Balaban J connectivity index is 1.16. The Kier molecular flexibility index (Phi) is 7.31. The van der Waals surface area contributed by atoms with Crippen molar-refractivity contribution in [1.29, 1.82) is 0 Å². The van der Waals surface area contributed by atoms with E-state index in [1.54, 1.807) is 0 Å². The first kappa shape index (κ1) is 31.7. The molecule has 4 aliphatic rings. The summed E-state index contributed by atoms with van der Waals surface area (Å²) >= 11 is 0. The van der Waals surface area contributed by atoms with Crippen molar-refractivity contribution in [2.24, 2.45) is 0 Å². The summed E-state index contributed by atoms with van der Waals surface area (Å²) in [6.07, 6.45) is 13.1. The van der Waals surface area contributed by atoms with Crippen molar-refractivity contribution in [3.63, 3.8) is 0 Å². The third-order valence-corrected chi connectivity index (χ3v) is 11.9. The van der Waals surface area contributed by atoms with Crippen molar-refractivity contribution < 1.29 is 4.42 Å². The minimum atomic E-state index is -0.566. The van der Waals surface area contributed by atoms with Crippen LogP contribution in [0.2, 0.25) is 0 Å². The minimum Gasteiger partial charge on any atom is -0.454 e. The van der Waals surface area contributed by atoms with Crippen LogP contribution < -0.4 is 15.5 Å². The van der Waals surface area contributed by atoms with E-state index >= 15 is 0 Å². The molecule has 7 aromatic rings. The summed E-state index contributed by atoms with van der Waals surface area (Å²) in [4.78, 5) is 2.41. The average Bonchev–Trinajstić information content (AvgIpc) is 3.82. The molecular formula is C51H39N3O. The zero-order valence-electron chi connectivity index (χ0n) is 30.4. The second-order valence-corrected chi connectivity index (χ2v) is 14.8. The molecular weight excluding hydrogens is 671 g/mol. The summed E-state index contributed by atoms with van der Waals surface area (Å²) in [5.74, 6) is 1.81. The molecule has 0 saturated heterocycles. The van der Waals surface area contributed by atoms with Crippen LogP contribution in [0.15, 0.2) is 186 Å². The first-order valence-corrected chi connectivity index (χ1v) is 19.3. The van der Waals surface area contributed by atoms with Crippen LogP contribution in [-0.4, -0.2) is 6.54 Å². The van der Waals surface area contributed by atoms with Gasteiger partial charge in [-0.25, -0.2) is 0 Å². The van der Waals surface area contributed by atoms with E-state index in [0.29, 0.717) is 0 Å². The summed E-state index contributed by atoms with van der Waals surface area (Å²) < 4.78 is 6.87. The molecule has 0 bridgehead atoms. The smallest absolute Gasteiger partial charge is 0.151 e. The number of allylic oxidation sites excluding steroid dienone is 4. The fourth-order valence-electron chi connectivity index (χ4n) is 9.52. The zero-order chi connectivity index (χ0) is 36.3. The van der Waals surface area contributed by atoms with E-state index < -0.39 is 5.41 Å². The molecule has 4 nitrogen and oxygen atoms in total. The molecule has 1 aromatic heterocycles. The van der Waals surface area contributed by atoms with Gasteiger partial charge in [0.15, 0.2) is 5.76 Å². The molecule has 0 fully saturated rings. The number of rotatable bonds is 5. The normalized spacial score (nSPS) is 18.8. The van der Waals surface area contributed by atoms with Gasteiger partial charge in [-0.05, 0) is 94.3 Å². The Bertz CT molecular complexity index is 2700. The highest BCUT2D eigenvalue weighted by Crippen LogP contribution is 2.59. The highest BCUT2D eigenvalue weighted by atomic mass is 16.3. The number of anilines is 4. The van der Waals surface area contributed by atoms with Crippen LogP contribution in [-0.2, 0) is 5.41 Å². The van der Waals surface area contributed by atoms with Crippen molar-refractivity contribution in [2.45, 2.75) is 24.4 Å². The molecule has 4 heteroatoms. The molecule has 2 unspecified atom stereocenters. The van der Waals surface area contributed by atoms with Crippen LogP contribution >= 0.6 is 0 Å². The van der Waals surface area contributed by atoms with E-state index in [1.165, 1.54) is 50.2 Å². The molecule has 264 valence electrons. The van der Waals surface area contributed by atoms with E-state index in [9.17, 15) is 0 Å². The van der Waals surface area contributed by atoms with E-state index in [2.05, 4.69) is 198 Å². The summed E-state index contributed by atoms with van der Waals surface area (Å²) in [6, 6.07) is 55.6. The van der Waals surface area contributed by atoms with Gasteiger partial charge in [0.2, 0.25) is 0 Å². The molecule has 6 aromatic carbocycles. The van der Waals surface area contributed by atoms with Gasteiger partial charge in [0.05, 0.1) is 28.0 Å². The molecule has 0 saturated carbocycles. The number of benzene rings is 6. The van der Waals surface area contributed by atoms with Gasteiger partial charge in [-0.2, -0.15) is 0 Å². The third-order valence-electron chi connectivity index (χ3n) is 11.9. The topological polar surface area (TPSA) is 40.4 Å². The van der Waals surface area contributed by atoms with Crippen molar-refractivity contribution in [3.8, 4) is 33.6 Å². The average molecular weight is 710 g/mol. The molecule has 2 aliphatic carbocycles. The molecule has 0 radical (unpaired) electrons. The second-order valence-electron chi connectivity index (χ2n) is 14.8. The third kappa shape index (κ3) is 4.84. The molecule has 2 atom stereocenters. The van der Waals surface area contributed by atoms with Gasteiger partial charge in [0.25, 0.3) is 0 Å². The highest BCUT2D eigenvalue weighted by Gasteiger charge is 2.47. The van der Waals surface area contributed by atoms with Gasteiger partial charge >= 0.3 is 0 Å². The fourth-order valence-corrected chi connectivity index (χ4v) is 9.52. The Labute approximate surface area is 321 Å². The maximum Gasteiger partial charge on any atom is 0.151 e. The van der Waals surface area contributed by atoms with Gasteiger partial charge in [-0.1, -0.05) is 145 Å². The molecule has 0 amide bonds. The van der Waals surface area contributed by atoms with E-state index in [4.69, 9.17) is 4.42 Å². The number of fused-ring (bicyclic) bond motifs is 8.